The molecule has 1 aliphatic rings. The maximum absolute atomic E-state index is 12.4. The van der Waals surface area contributed by atoms with Gasteiger partial charge in [-0.1, -0.05) is 54.1 Å². The Kier molecular flexibility index (Phi) is 6.50. The smallest absolute Gasteiger partial charge is 0.323 e. The number of benzene rings is 2. The normalized spacial score (nSPS) is 16.3. The Bertz CT molecular complexity index is 985. The van der Waals surface area contributed by atoms with Gasteiger partial charge < -0.3 is 9.30 Å². The molecule has 0 saturated carbocycles. The zero-order chi connectivity index (χ0) is 20.9. The number of ether oxygens (including phenoxy) is 1. The van der Waals surface area contributed by atoms with E-state index in [9.17, 15) is 4.79 Å². The summed E-state index contributed by atoms with van der Waals surface area (Å²) < 4.78 is 7.26. The number of fused-ring (bicyclic) bond motifs is 1. The monoisotopic (exact) mass is 423 g/mol. The first kappa shape index (κ1) is 20.6. The molecule has 3 aromatic rings. The van der Waals surface area contributed by atoms with E-state index in [1.807, 2.05) is 36.7 Å². The minimum Gasteiger partial charge on any atom is -0.468 e. The maximum atomic E-state index is 12.4. The molecule has 0 radical (unpaired) electrons. The molecular formula is C24H26ClN3O2. The van der Waals surface area contributed by atoms with Gasteiger partial charge in [0.25, 0.3) is 0 Å². The molecule has 0 N–H and O–H groups in total. The SMILES string of the molecule is COC(=O)[C@@H]1Cc2ncn(Cc3ccc(Cl)cc3)c2CN1CCCc1ccccc1. The number of hydrogen-bond acceptors (Lipinski definition) is 4. The third-order valence-electron chi connectivity index (χ3n) is 5.71. The molecule has 2 heterocycles. The fourth-order valence-corrected chi connectivity index (χ4v) is 4.20. The van der Waals surface area contributed by atoms with Gasteiger partial charge in [-0.15, -0.1) is 0 Å². The summed E-state index contributed by atoms with van der Waals surface area (Å²) in [7, 11) is 1.46. The molecule has 0 spiro atoms. The van der Waals surface area contributed by atoms with Crippen LogP contribution >= 0.6 is 11.6 Å². The lowest BCUT2D eigenvalue weighted by Gasteiger charge is -2.34. The summed E-state index contributed by atoms with van der Waals surface area (Å²) in [6.45, 7) is 2.26. The fourth-order valence-electron chi connectivity index (χ4n) is 4.07. The Hall–Kier alpha value is -2.63. The maximum Gasteiger partial charge on any atom is 0.323 e. The van der Waals surface area contributed by atoms with E-state index < -0.39 is 0 Å². The summed E-state index contributed by atoms with van der Waals surface area (Å²) in [5, 5.41) is 0.733. The van der Waals surface area contributed by atoms with Gasteiger partial charge in [0.15, 0.2) is 0 Å². The molecule has 0 saturated heterocycles. The van der Waals surface area contributed by atoms with E-state index in [-0.39, 0.29) is 12.0 Å². The Morgan fingerprint density at radius 2 is 1.90 bits per heavy atom. The van der Waals surface area contributed by atoms with Crippen molar-refractivity contribution in [3.8, 4) is 0 Å². The van der Waals surface area contributed by atoms with Crippen molar-refractivity contribution < 1.29 is 9.53 Å². The highest BCUT2D eigenvalue weighted by molar-refractivity contribution is 6.30. The number of rotatable bonds is 7. The second-order valence-electron chi connectivity index (χ2n) is 7.70. The lowest BCUT2D eigenvalue weighted by molar-refractivity contribution is -0.147. The third-order valence-corrected chi connectivity index (χ3v) is 5.96. The van der Waals surface area contributed by atoms with Crippen LogP contribution in [-0.4, -0.2) is 40.1 Å². The van der Waals surface area contributed by atoms with Crippen LogP contribution in [0.1, 0.15) is 28.9 Å². The number of carbonyl (C=O) groups excluding carboxylic acids is 1. The van der Waals surface area contributed by atoms with E-state index in [0.717, 1.165) is 36.6 Å². The summed E-state index contributed by atoms with van der Waals surface area (Å²) in [6.07, 6.45) is 4.43. The van der Waals surface area contributed by atoms with Crippen LogP contribution < -0.4 is 0 Å². The highest BCUT2D eigenvalue weighted by Crippen LogP contribution is 2.25. The van der Waals surface area contributed by atoms with Crippen molar-refractivity contribution in [2.24, 2.45) is 0 Å². The number of hydrogen-bond donors (Lipinski definition) is 0. The lowest BCUT2D eigenvalue weighted by atomic mass is 10.0. The van der Waals surface area contributed by atoms with E-state index >= 15 is 0 Å². The number of aromatic nitrogens is 2. The number of aryl methyl sites for hydroxylation is 1. The Morgan fingerprint density at radius 3 is 2.63 bits per heavy atom. The average molecular weight is 424 g/mol. The summed E-state index contributed by atoms with van der Waals surface area (Å²) in [4.78, 5) is 19.3. The minimum absolute atomic E-state index is 0.187. The molecule has 30 heavy (non-hydrogen) atoms. The van der Waals surface area contributed by atoms with Gasteiger partial charge in [-0.2, -0.15) is 0 Å². The first-order chi connectivity index (χ1) is 14.6. The fraction of sp³-hybridized carbons (Fsp3) is 0.333. The average Bonchev–Trinajstić information content (AvgIpc) is 3.16. The van der Waals surface area contributed by atoms with E-state index in [2.05, 4.69) is 38.7 Å². The van der Waals surface area contributed by atoms with Crippen molar-refractivity contribution in [2.45, 2.75) is 38.4 Å². The van der Waals surface area contributed by atoms with Gasteiger partial charge in [0, 0.05) is 24.5 Å². The standard InChI is InChI=1S/C24H26ClN3O2/c1-30-24(29)22-14-21-23(16-27(22)13-5-8-18-6-3-2-4-7-18)28(17-26-21)15-19-9-11-20(25)12-10-19/h2-4,6-7,9-12,17,22H,5,8,13-16H2,1H3/t22-/m0/s1. The first-order valence-corrected chi connectivity index (χ1v) is 10.6. The van der Waals surface area contributed by atoms with E-state index in [1.165, 1.54) is 23.9 Å². The predicted molar refractivity (Wildman–Crippen MR) is 117 cm³/mol. The molecule has 0 aliphatic carbocycles. The quantitative estimate of drug-likeness (QED) is 0.536. The van der Waals surface area contributed by atoms with Crippen LogP contribution in [0.15, 0.2) is 60.9 Å². The van der Waals surface area contributed by atoms with Crippen molar-refractivity contribution in [3.63, 3.8) is 0 Å². The molecule has 5 nitrogen and oxygen atoms in total. The lowest BCUT2D eigenvalue weighted by Crippen LogP contribution is -2.47. The molecule has 2 aromatic carbocycles. The minimum atomic E-state index is -0.280. The number of imidazole rings is 1. The molecule has 1 atom stereocenters. The molecule has 0 bridgehead atoms. The van der Waals surface area contributed by atoms with E-state index in [0.29, 0.717) is 13.0 Å². The first-order valence-electron chi connectivity index (χ1n) is 10.3. The number of carbonyl (C=O) groups is 1. The van der Waals surface area contributed by atoms with Crippen molar-refractivity contribution in [2.75, 3.05) is 13.7 Å². The number of nitrogens with zero attached hydrogens (tertiary/aromatic N) is 3. The second kappa shape index (κ2) is 9.45. The van der Waals surface area contributed by atoms with E-state index in [1.54, 1.807) is 0 Å². The topological polar surface area (TPSA) is 47.4 Å². The van der Waals surface area contributed by atoms with Crippen molar-refractivity contribution in [3.05, 3.63) is 88.5 Å². The number of esters is 1. The van der Waals surface area contributed by atoms with Crippen LogP contribution in [-0.2, 0) is 35.5 Å². The molecule has 6 heteroatoms. The Morgan fingerprint density at radius 1 is 1.13 bits per heavy atom. The summed E-state index contributed by atoms with van der Waals surface area (Å²) in [5.74, 6) is -0.187. The Labute approximate surface area is 182 Å². The number of halogens is 1. The predicted octanol–water partition coefficient (Wildman–Crippen LogP) is 4.12. The molecule has 4 rings (SSSR count). The van der Waals surface area contributed by atoms with Gasteiger partial charge in [0.1, 0.15) is 6.04 Å². The summed E-state index contributed by atoms with van der Waals surface area (Å²) >= 11 is 6.01. The second-order valence-corrected chi connectivity index (χ2v) is 8.13. The number of methoxy groups -OCH3 is 1. The molecular weight excluding hydrogens is 398 g/mol. The van der Waals surface area contributed by atoms with Gasteiger partial charge >= 0.3 is 5.97 Å². The largest absolute Gasteiger partial charge is 0.468 e. The molecule has 0 fully saturated rings. The molecule has 0 amide bonds. The van der Waals surface area contributed by atoms with Gasteiger partial charge in [0.05, 0.1) is 24.8 Å². The summed E-state index contributed by atoms with van der Waals surface area (Å²) in [5.41, 5.74) is 4.64. The van der Waals surface area contributed by atoms with Gasteiger partial charge in [0.2, 0.25) is 0 Å². The van der Waals surface area contributed by atoms with Crippen LogP contribution in [0.5, 0.6) is 0 Å². The Balaban J connectivity index is 1.49. The van der Waals surface area contributed by atoms with Crippen LogP contribution in [0.3, 0.4) is 0 Å². The zero-order valence-electron chi connectivity index (χ0n) is 17.1. The molecule has 1 aromatic heterocycles. The van der Waals surface area contributed by atoms with Gasteiger partial charge in [-0.3, -0.25) is 9.69 Å². The molecule has 1 aliphatic heterocycles. The van der Waals surface area contributed by atoms with Crippen molar-refractivity contribution in [1.29, 1.82) is 0 Å². The molecule has 156 valence electrons. The van der Waals surface area contributed by atoms with Gasteiger partial charge in [-0.25, -0.2) is 4.98 Å². The highest BCUT2D eigenvalue weighted by atomic mass is 35.5. The van der Waals surface area contributed by atoms with E-state index in [4.69, 9.17) is 16.3 Å². The van der Waals surface area contributed by atoms with Crippen LogP contribution in [0.4, 0.5) is 0 Å². The van der Waals surface area contributed by atoms with Gasteiger partial charge in [-0.05, 0) is 42.6 Å². The summed E-state index contributed by atoms with van der Waals surface area (Å²) in [6, 6.07) is 18.1. The molecule has 0 unspecified atom stereocenters. The van der Waals surface area contributed by atoms with Crippen LogP contribution in [0.25, 0.3) is 0 Å². The van der Waals surface area contributed by atoms with Crippen molar-refractivity contribution >= 4 is 17.6 Å². The van der Waals surface area contributed by atoms with Crippen LogP contribution in [0.2, 0.25) is 5.02 Å². The highest BCUT2D eigenvalue weighted by Gasteiger charge is 2.34. The third kappa shape index (κ3) is 4.74. The zero-order valence-corrected chi connectivity index (χ0v) is 17.9. The van der Waals surface area contributed by atoms with Crippen LogP contribution in [0, 0.1) is 0 Å². The van der Waals surface area contributed by atoms with Crippen molar-refractivity contribution in [1.82, 2.24) is 14.5 Å².